The van der Waals surface area contributed by atoms with Gasteiger partial charge < -0.3 is 0 Å². The molecule has 0 heterocycles. The third kappa shape index (κ3) is 5.61. The van der Waals surface area contributed by atoms with E-state index in [1.54, 1.807) is 24.3 Å². The van der Waals surface area contributed by atoms with E-state index in [2.05, 4.69) is 24.1 Å². The van der Waals surface area contributed by atoms with Crippen LogP contribution in [0.1, 0.15) is 21.6 Å². The third-order valence-electron chi connectivity index (χ3n) is 1.74. The first-order chi connectivity index (χ1) is 8.76. The minimum Gasteiger partial charge on any atom is -0.151 e. The minimum atomic E-state index is 0.480. The summed E-state index contributed by atoms with van der Waals surface area (Å²) in [5, 5.41) is 8.13. The summed E-state index contributed by atoms with van der Waals surface area (Å²) in [6, 6.07) is 17.0. The highest BCUT2D eigenvalue weighted by Gasteiger charge is 1.86. The molecule has 0 aliphatic heterocycles. The molecule has 0 fully saturated rings. The zero-order valence-corrected chi connectivity index (χ0v) is 10.3. The smallest absolute Gasteiger partial charge is 0.0857 e. The number of rotatable bonds is 2. The summed E-state index contributed by atoms with van der Waals surface area (Å²) in [5.74, 6) is 0. The lowest BCUT2D eigenvalue weighted by molar-refractivity contribution is 1.09. The van der Waals surface area contributed by atoms with Crippen molar-refractivity contribution in [3.63, 3.8) is 0 Å². The summed E-state index contributed by atoms with van der Waals surface area (Å²) in [5.41, 5.74) is 1.59. The monoisotopic (exact) mass is 227 g/mol. The molecule has 0 N–H and O–H groups in total. The van der Waals surface area contributed by atoms with Gasteiger partial charge in [-0.25, -0.2) is 0 Å². The van der Waals surface area contributed by atoms with E-state index in [1.165, 1.54) is 6.42 Å². The van der Waals surface area contributed by atoms with E-state index >= 15 is 0 Å². The van der Waals surface area contributed by atoms with Gasteiger partial charge in [-0.2, -0.15) is 10.2 Å². The van der Waals surface area contributed by atoms with E-state index in [9.17, 15) is 0 Å². The van der Waals surface area contributed by atoms with Crippen molar-refractivity contribution in [2.24, 2.45) is 10.2 Å². The van der Waals surface area contributed by atoms with Gasteiger partial charge in [-0.05, 0) is 24.3 Å². The number of benzene rings is 2. The third-order valence-corrected chi connectivity index (χ3v) is 1.74. The van der Waals surface area contributed by atoms with Crippen LogP contribution in [0.5, 0.6) is 0 Å². The molecule has 0 radical (unpaired) electrons. The summed E-state index contributed by atoms with van der Waals surface area (Å²) in [4.78, 5) is 0. The molecule has 0 atom stereocenters. The molecule has 2 aromatic carbocycles. The zero-order valence-electron chi connectivity index (χ0n) is 11.3. The van der Waals surface area contributed by atoms with Gasteiger partial charge in [0.2, 0.25) is 0 Å². The summed E-state index contributed by atoms with van der Waals surface area (Å²) in [6.07, 6.45) is 1.25. The van der Waals surface area contributed by atoms with Crippen molar-refractivity contribution in [1.29, 1.82) is 0 Å². The molecular weight excluding hydrogens is 208 g/mol. The average molecular weight is 227 g/mol. The maximum absolute atomic E-state index is 7.32. The van der Waals surface area contributed by atoms with Crippen molar-refractivity contribution < 1.29 is 1.37 Å². The lowest BCUT2D eigenvalue weighted by atomic mass is 10.3. The Morgan fingerprint density at radius 3 is 1.71 bits per heavy atom. The first-order valence-electron chi connectivity index (χ1n) is 6.29. The van der Waals surface area contributed by atoms with E-state index in [0.717, 1.165) is 11.4 Å². The second-order valence-electron chi connectivity index (χ2n) is 3.50. The lowest BCUT2D eigenvalue weighted by Gasteiger charge is -1.91. The fraction of sp³-hybridized carbons (Fsp3) is 0.200. The van der Waals surface area contributed by atoms with Crippen LogP contribution in [0.15, 0.2) is 70.9 Å². The molecule has 2 rings (SSSR count). The van der Waals surface area contributed by atoms with Crippen LogP contribution in [0.3, 0.4) is 0 Å². The van der Waals surface area contributed by atoms with E-state index in [1.807, 2.05) is 30.3 Å². The molecule has 2 heteroatoms. The molecule has 0 saturated carbocycles. The maximum Gasteiger partial charge on any atom is 0.0857 e. The predicted octanol–water partition coefficient (Wildman–Crippen LogP) is 5.52. The van der Waals surface area contributed by atoms with Crippen LogP contribution in [-0.4, -0.2) is 0 Å². The Labute approximate surface area is 104 Å². The molecule has 0 spiro atoms. The van der Waals surface area contributed by atoms with Crippen molar-refractivity contribution in [2.45, 2.75) is 20.3 Å². The Morgan fingerprint density at radius 2 is 1.24 bits per heavy atom. The van der Waals surface area contributed by atoms with Gasteiger partial charge in [0.1, 0.15) is 0 Å². The molecular formula is C15H18N2. The first kappa shape index (κ1) is 11.5. The second-order valence-corrected chi connectivity index (χ2v) is 3.50. The summed E-state index contributed by atoms with van der Waals surface area (Å²) in [6.45, 7) is 4.25. The molecule has 0 unspecified atom stereocenters. The molecule has 0 saturated heterocycles. The van der Waals surface area contributed by atoms with E-state index in [-0.39, 0.29) is 0 Å². The van der Waals surface area contributed by atoms with E-state index in [4.69, 9.17) is 1.37 Å². The van der Waals surface area contributed by atoms with Crippen LogP contribution in [-0.2, 0) is 0 Å². The molecule has 17 heavy (non-hydrogen) atoms. The Hall–Kier alpha value is -1.96. The van der Waals surface area contributed by atoms with Gasteiger partial charge in [0.25, 0.3) is 0 Å². The maximum atomic E-state index is 7.32. The molecule has 2 nitrogen and oxygen atoms in total. The normalized spacial score (nSPS) is 10.6. The Morgan fingerprint density at radius 1 is 0.824 bits per heavy atom. The average Bonchev–Trinajstić information content (AvgIpc) is 2.40. The minimum absolute atomic E-state index is 0.480. The van der Waals surface area contributed by atoms with Gasteiger partial charge in [0.05, 0.1) is 12.7 Å². The van der Waals surface area contributed by atoms with Crippen LogP contribution in [0.2, 0.25) is 0 Å². The highest BCUT2D eigenvalue weighted by Crippen LogP contribution is 2.16. The summed E-state index contributed by atoms with van der Waals surface area (Å²) >= 11 is 0. The van der Waals surface area contributed by atoms with E-state index in [0.29, 0.717) is 6.04 Å². The quantitative estimate of drug-likeness (QED) is 0.603. The number of hydrogen-bond acceptors (Lipinski definition) is 2. The summed E-state index contributed by atoms with van der Waals surface area (Å²) < 4.78 is 7.32. The molecule has 0 bridgehead atoms. The highest BCUT2D eigenvalue weighted by atomic mass is 15.1. The topological polar surface area (TPSA) is 24.7 Å². The molecule has 0 aliphatic rings. The molecule has 0 aliphatic carbocycles. The number of nitrogens with zero attached hydrogens (tertiary/aromatic N) is 2. The van der Waals surface area contributed by atoms with Gasteiger partial charge in [0, 0.05) is 0 Å². The predicted molar refractivity (Wildman–Crippen MR) is 73.0 cm³/mol. The van der Waals surface area contributed by atoms with Gasteiger partial charge in [-0.3, -0.25) is 0 Å². The number of hydrogen-bond donors (Lipinski definition) is 0. The van der Waals surface area contributed by atoms with Crippen molar-refractivity contribution in [3.8, 4) is 0 Å². The SMILES string of the molecule is CCC.[2H]c1ccc(N=Nc2ccccc2)cc1. The lowest BCUT2D eigenvalue weighted by Crippen LogP contribution is -1.62. The zero-order chi connectivity index (χ0) is 13.2. The van der Waals surface area contributed by atoms with Crippen LogP contribution >= 0.6 is 0 Å². The van der Waals surface area contributed by atoms with Crippen LogP contribution in [0.25, 0.3) is 0 Å². The first-order valence-corrected chi connectivity index (χ1v) is 5.79. The van der Waals surface area contributed by atoms with Crippen LogP contribution in [0, 0.1) is 0 Å². The molecule has 2 aromatic rings. The van der Waals surface area contributed by atoms with Gasteiger partial charge >= 0.3 is 0 Å². The van der Waals surface area contributed by atoms with Crippen molar-refractivity contribution >= 4 is 11.4 Å². The second kappa shape index (κ2) is 8.22. The standard InChI is InChI=1S/C12H10N2.C3H8/c1-3-7-11(8-4-1)13-14-12-9-5-2-6-10-12;1-3-2/h1-10H;3H2,1-2H3/i1D;. The molecule has 0 aromatic heterocycles. The number of azo groups is 1. The van der Waals surface area contributed by atoms with Gasteiger partial charge in [-0.15, -0.1) is 0 Å². The molecule has 0 amide bonds. The molecule has 88 valence electrons. The summed E-state index contributed by atoms with van der Waals surface area (Å²) in [7, 11) is 0. The fourth-order valence-electron chi connectivity index (χ4n) is 1.05. The Balaban J connectivity index is 0.000000492. The van der Waals surface area contributed by atoms with Crippen LogP contribution in [0.4, 0.5) is 11.4 Å². The van der Waals surface area contributed by atoms with E-state index < -0.39 is 0 Å². The van der Waals surface area contributed by atoms with Gasteiger partial charge in [-0.1, -0.05) is 56.6 Å². The van der Waals surface area contributed by atoms with Crippen molar-refractivity contribution in [3.05, 3.63) is 60.6 Å². The van der Waals surface area contributed by atoms with Crippen molar-refractivity contribution in [2.75, 3.05) is 0 Å². The largest absolute Gasteiger partial charge is 0.151 e. The van der Waals surface area contributed by atoms with Crippen molar-refractivity contribution in [1.82, 2.24) is 0 Å². The highest BCUT2D eigenvalue weighted by molar-refractivity contribution is 5.39. The Kier molecular flexibility index (Phi) is 5.57. The van der Waals surface area contributed by atoms with Gasteiger partial charge in [0.15, 0.2) is 0 Å². The van der Waals surface area contributed by atoms with Crippen LogP contribution < -0.4 is 0 Å². The fourth-order valence-corrected chi connectivity index (χ4v) is 1.05. The Bertz CT molecular complexity index is 464.